The minimum atomic E-state index is -0.858. The highest BCUT2D eigenvalue weighted by Crippen LogP contribution is 2.39. The fourth-order valence-corrected chi connectivity index (χ4v) is 4.97. The van der Waals surface area contributed by atoms with Crippen molar-refractivity contribution < 1.29 is 33.2 Å². The summed E-state index contributed by atoms with van der Waals surface area (Å²) >= 11 is 0. The van der Waals surface area contributed by atoms with Gasteiger partial charge in [0.25, 0.3) is 0 Å². The number of carboxylic acids is 1. The molecule has 0 amide bonds. The predicted molar refractivity (Wildman–Crippen MR) is 132 cm³/mol. The quantitative estimate of drug-likeness (QED) is 0.428. The fraction of sp³-hybridized carbons (Fsp3) is 0.345. The Labute approximate surface area is 209 Å². The van der Waals surface area contributed by atoms with Crippen molar-refractivity contribution in [3.05, 3.63) is 76.6 Å². The molecule has 0 spiro atoms. The zero-order valence-electron chi connectivity index (χ0n) is 20.4. The topological polar surface area (TPSA) is 74.2 Å². The maximum Gasteiger partial charge on any atom is 0.304 e. The minimum absolute atomic E-state index is 0.0200. The average molecular weight is 493 g/mol. The van der Waals surface area contributed by atoms with Gasteiger partial charge in [0.2, 0.25) is 0 Å². The van der Waals surface area contributed by atoms with Crippen LogP contribution in [0.5, 0.6) is 17.2 Å². The van der Waals surface area contributed by atoms with E-state index in [4.69, 9.17) is 24.1 Å². The lowest BCUT2D eigenvalue weighted by molar-refractivity contribution is -0.137. The molecule has 1 fully saturated rings. The lowest BCUT2D eigenvalue weighted by atomic mass is 9.94. The first kappa shape index (κ1) is 24.1. The van der Waals surface area contributed by atoms with E-state index < -0.39 is 5.97 Å². The molecular weight excluding hydrogens is 463 g/mol. The van der Waals surface area contributed by atoms with Crippen LogP contribution in [0.3, 0.4) is 0 Å². The highest BCUT2D eigenvalue weighted by atomic mass is 19.1. The van der Waals surface area contributed by atoms with Crippen molar-refractivity contribution >= 4 is 5.97 Å². The molecule has 1 saturated heterocycles. The van der Waals surface area contributed by atoms with Gasteiger partial charge in [-0.05, 0) is 66.4 Å². The summed E-state index contributed by atoms with van der Waals surface area (Å²) in [5, 5.41) is 9.07. The third kappa shape index (κ3) is 5.16. The van der Waals surface area contributed by atoms with Crippen molar-refractivity contribution in [3.63, 3.8) is 0 Å². The predicted octanol–water partition coefficient (Wildman–Crippen LogP) is 5.81. The maximum atomic E-state index is 14.7. The Morgan fingerprint density at radius 3 is 2.58 bits per heavy atom. The molecule has 1 N–H and O–H groups in total. The van der Waals surface area contributed by atoms with E-state index in [9.17, 15) is 9.18 Å². The number of fused-ring (bicyclic) bond motifs is 1. The molecule has 2 aliphatic rings. The molecule has 5 rings (SSSR count). The summed E-state index contributed by atoms with van der Waals surface area (Å²) in [5.41, 5.74) is 5.36. The van der Waals surface area contributed by atoms with Gasteiger partial charge in [-0.15, -0.1) is 0 Å². The lowest BCUT2D eigenvalue weighted by Crippen LogP contribution is -2.15. The van der Waals surface area contributed by atoms with Crippen molar-refractivity contribution in [2.24, 2.45) is 0 Å². The van der Waals surface area contributed by atoms with Gasteiger partial charge >= 0.3 is 5.97 Å². The molecule has 6 nitrogen and oxygen atoms in total. The smallest absolute Gasteiger partial charge is 0.304 e. The summed E-state index contributed by atoms with van der Waals surface area (Å²) in [5.74, 6) is 0.608. The molecular formula is C29H29FO6. The van der Waals surface area contributed by atoms with Gasteiger partial charge in [-0.25, -0.2) is 4.39 Å². The number of aryl methyl sites for hydroxylation is 2. The van der Waals surface area contributed by atoms with E-state index in [1.165, 1.54) is 6.07 Å². The first-order valence-electron chi connectivity index (χ1n) is 12.1. The van der Waals surface area contributed by atoms with Gasteiger partial charge in [0, 0.05) is 29.5 Å². The number of rotatable bonds is 8. The summed E-state index contributed by atoms with van der Waals surface area (Å²) in [6.07, 6.45) is 0.990. The highest BCUT2D eigenvalue weighted by Gasteiger charge is 2.26. The molecule has 2 unspecified atom stereocenters. The third-order valence-corrected chi connectivity index (χ3v) is 6.71. The molecule has 0 bridgehead atoms. The van der Waals surface area contributed by atoms with Crippen molar-refractivity contribution in [2.45, 2.75) is 45.3 Å². The number of carboxylic acid groups (broad SMARTS) is 1. The second kappa shape index (κ2) is 10.2. The van der Waals surface area contributed by atoms with Crippen molar-refractivity contribution in [1.82, 2.24) is 0 Å². The number of hydrogen-bond acceptors (Lipinski definition) is 5. The van der Waals surface area contributed by atoms with Crippen LogP contribution in [0.4, 0.5) is 4.39 Å². The Morgan fingerprint density at radius 2 is 1.86 bits per heavy atom. The van der Waals surface area contributed by atoms with Crippen LogP contribution in [0.25, 0.3) is 11.1 Å². The Hall–Kier alpha value is -3.58. The Balaban J connectivity index is 1.31. The summed E-state index contributed by atoms with van der Waals surface area (Å²) in [4.78, 5) is 11.1. The molecule has 3 aromatic carbocycles. The first-order chi connectivity index (χ1) is 17.4. The number of aliphatic carboxylic acids is 1. The molecule has 3 aromatic rings. The summed E-state index contributed by atoms with van der Waals surface area (Å²) in [7, 11) is 0. The Morgan fingerprint density at radius 1 is 1.06 bits per heavy atom. The number of carbonyl (C=O) groups is 1. The molecule has 188 valence electrons. The molecule has 2 atom stereocenters. The van der Waals surface area contributed by atoms with Gasteiger partial charge in [0.15, 0.2) is 0 Å². The maximum absolute atomic E-state index is 14.7. The van der Waals surface area contributed by atoms with Gasteiger partial charge in [-0.2, -0.15) is 0 Å². The standard InChI is InChI=1S/C29H29FO6/c1-17-9-24(36-23-7-8-33-16-23)10-18(2)29(17)19-3-6-26(30)21(11-19)15-34-22-4-5-25-20(12-28(31)32)14-35-27(25)13-22/h3-6,9-11,13,20,23H,7-8,12,14-16H2,1-2H3,(H,31,32). The number of halogens is 1. The largest absolute Gasteiger partial charge is 0.492 e. The van der Waals surface area contributed by atoms with E-state index in [-0.39, 0.29) is 30.9 Å². The van der Waals surface area contributed by atoms with E-state index in [2.05, 4.69) is 0 Å². The van der Waals surface area contributed by atoms with Crippen LogP contribution in [0.15, 0.2) is 48.5 Å². The van der Waals surface area contributed by atoms with Crippen LogP contribution in [0.2, 0.25) is 0 Å². The lowest BCUT2D eigenvalue weighted by Gasteiger charge is -2.17. The zero-order valence-corrected chi connectivity index (χ0v) is 20.4. The molecule has 7 heteroatoms. The first-order valence-corrected chi connectivity index (χ1v) is 12.1. The van der Waals surface area contributed by atoms with Crippen LogP contribution in [0, 0.1) is 19.7 Å². The van der Waals surface area contributed by atoms with E-state index in [0.29, 0.717) is 30.3 Å². The van der Waals surface area contributed by atoms with Crippen LogP contribution in [-0.2, 0) is 16.1 Å². The second-order valence-electron chi connectivity index (χ2n) is 9.44. The molecule has 2 aliphatic heterocycles. The van der Waals surface area contributed by atoms with E-state index in [1.54, 1.807) is 18.2 Å². The van der Waals surface area contributed by atoms with Crippen LogP contribution in [0.1, 0.15) is 41.0 Å². The molecule has 36 heavy (non-hydrogen) atoms. The third-order valence-electron chi connectivity index (χ3n) is 6.71. The highest BCUT2D eigenvalue weighted by molar-refractivity contribution is 5.72. The zero-order chi connectivity index (χ0) is 25.2. The Kier molecular flexibility index (Phi) is 6.83. The second-order valence-corrected chi connectivity index (χ2v) is 9.44. The van der Waals surface area contributed by atoms with Crippen LogP contribution >= 0.6 is 0 Å². The molecule has 0 aliphatic carbocycles. The summed E-state index contributed by atoms with van der Waals surface area (Å²) < 4.78 is 37.7. The van der Waals surface area contributed by atoms with Gasteiger partial charge in [0.05, 0.1) is 26.2 Å². The Bertz CT molecular complexity index is 1260. The van der Waals surface area contributed by atoms with E-state index in [0.717, 1.165) is 46.6 Å². The molecule has 0 radical (unpaired) electrons. The number of ether oxygens (including phenoxy) is 4. The van der Waals surface area contributed by atoms with Gasteiger partial charge in [-0.1, -0.05) is 12.1 Å². The summed E-state index contributed by atoms with van der Waals surface area (Å²) in [6, 6.07) is 14.4. The number of benzene rings is 3. The molecule has 0 aromatic heterocycles. The number of hydrogen-bond donors (Lipinski definition) is 1. The van der Waals surface area contributed by atoms with Crippen molar-refractivity contribution in [1.29, 1.82) is 0 Å². The van der Waals surface area contributed by atoms with Gasteiger partial charge < -0.3 is 24.1 Å². The SMILES string of the molecule is Cc1cc(OC2CCOC2)cc(C)c1-c1ccc(F)c(COc2ccc3c(c2)OCC3CC(=O)O)c1. The van der Waals surface area contributed by atoms with Crippen LogP contribution < -0.4 is 14.2 Å². The average Bonchev–Trinajstić information content (AvgIpc) is 3.48. The molecule has 2 heterocycles. The van der Waals surface area contributed by atoms with E-state index >= 15 is 0 Å². The molecule has 0 saturated carbocycles. The van der Waals surface area contributed by atoms with E-state index in [1.807, 2.05) is 38.1 Å². The monoisotopic (exact) mass is 492 g/mol. The van der Waals surface area contributed by atoms with Crippen molar-refractivity contribution in [2.75, 3.05) is 19.8 Å². The minimum Gasteiger partial charge on any atom is -0.492 e. The normalized spacial score (nSPS) is 18.5. The summed E-state index contributed by atoms with van der Waals surface area (Å²) in [6.45, 7) is 5.78. The van der Waals surface area contributed by atoms with Crippen molar-refractivity contribution in [3.8, 4) is 28.4 Å². The van der Waals surface area contributed by atoms with Gasteiger partial charge in [0.1, 0.15) is 35.8 Å². The van der Waals surface area contributed by atoms with Crippen LogP contribution in [-0.4, -0.2) is 37.0 Å². The van der Waals surface area contributed by atoms with Gasteiger partial charge in [-0.3, -0.25) is 4.79 Å². The fourth-order valence-electron chi connectivity index (χ4n) is 4.97.